The fraction of sp³-hybridized carbons (Fsp3) is 0.632. The summed E-state index contributed by atoms with van der Waals surface area (Å²) in [6.45, 7) is 10.4. The molecule has 3 rings (SSSR count). The molecule has 0 bridgehead atoms. The molecule has 26 heavy (non-hydrogen) atoms. The van der Waals surface area contributed by atoms with Crippen molar-refractivity contribution >= 4 is 5.97 Å². The van der Waals surface area contributed by atoms with Crippen molar-refractivity contribution in [3.05, 3.63) is 23.8 Å². The predicted octanol–water partition coefficient (Wildman–Crippen LogP) is 3.80. The van der Waals surface area contributed by atoms with Crippen LogP contribution in [0.15, 0.2) is 16.8 Å². The lowest BCUT2D eigenvalue weighted by atomic mass is 9.70. The van der Waals surface area contributed by atoms with E-state index in [1.807, 2.05) is 6.20 Å². The summed E-state index contributed by atoms with van der Waals surface area (Å²) in [6.07, 6.45) is 3.88. The lowest BCUT2D eigenvalue weighted by Gasteiger charge is -2.37. The third kappa shape index (κ3) is 3.98. The van der Waals surface area contributed by atoms with E-state index in [-0.39, 0.29) is 17.0 Å². The van der Waals surface area contributed by atoms with Gasteiger partial charge >= 0.3 is 5.97 Å². The van der Waals surface area contributed by atoms with Crippen molar-refractivity contribution < 1.29 is 18.8 Å². The molecule has 0 spiro atoms. The quantitative estimate of drug-likeness (QED) is 0.815. The average molecular weight is 361 g/mol. The molecule has 7 heteroatoms. The van der Waals surface area contributed by atoms with Gasteiger partial charge in [-0.2, -0.15) is 0 Å². The monoisotopic (exact) mass is 361 g/mol. The molecule has 1 fully saturated rings. The van der Waals surface area contributed by atoms with Gasteiger partial charge in [-0.3, -0.25) is 0 Å². The highest BCUT2D eigenvalue weighted by molar-refractivity contribution is 5.88. The zero-order valence-electron chi connectivity index (χ0n) is 15.9. The van der Waals surface area contributed by atoms with Crippen molar-refractivity contribution in [3.63, 3.8) is 0 Å². The summed E-state index contributed by atoms with van der Waals surface area (Å²) in [4.78, 5) is 19.8. The van der Waals surface area contributed by atoms with E-state index in [1.165, 1.54) is 0 Å². The third-order valence-electron chi connectivity index (χ3n) is 4.81. The van der Waals surface area contributed by atoms with Crippen LogP contribution in [-0.2, 0) is 9.47 Å². The largest absolute Gasteiger partial charge is 0.461 e. The molecular formula is C19H27N3O4. The summed E-state index contributed by atoms with van der Waals surface area (Å²) in [6, 6.07) is 1.57. The van der Waals surface area contributed by atoms with Gasteiger partial charge in [0, 0.05) is 31.4 Å². The molecule has 1 aliphatic rings. The Kier molecular flexibility index (Phi) is 5.46. The van der Waals surface area contributed by atoms with Crippen molar-refractivity contribution in [2.24, 2.45) is 11.3 Å². The number of rotatable bonds is 5. The minimum Gasteiger partial charge on any atom is -0.461 e. The molecular weight excluding hydrogens is 334 g/mol. The van der Waals surface area contributed by atoms with E-state index in [2.05, 4.69) is 30.9 Å². The molecule has 0 saturated carbocycles. The van der Waals surface area contributed by atoms with E-state index >= 15 is 0 Å². The maximum atomic E-state index is 11.8. The zero-order chi connectivity index (χ0) is 18.7. The number of ether oxygens (including phenoxy) is 2. The first-order valence-corrected chi connectivity index (χ1v) is 9.17. The maximum absolute atomic E-state index is 11.8. The second-order valence-electron chi connectivity index (χ2n) is 7.76. The Balaban J connectivity index is 1.84. The molecule has 0 aromatic carbocycles. The Labute approximate surface area is 153 Å². The Hall–Kier alpha value is -2.15. The van der Waals surface area contributed by atoms with Gasteiger partial charge in [0.25, 0.3) is 0 Å². The Morgan fingerprint density at radius 1 is 1.38 bits per heavy atom. The van der Waals surface area contributed by atoms with E-state index in [0.717, 1.165) is 31.9 Å². The number of nitrogens with zero attached hydrogens (tertiary/aromatic N) is 2. The predicted molar refractivity (Wildman–Crippen MR) is 95.8 cm³/mol. The minimum atomic E-state index is -0.493. The number of imidazole rings is 1. The van der Waals surface area contributed by atoms with Gasteiger partial charge in [0.2, 0.25) is 0 Å². The van der Waals surface area contributed by atoms with Gasteiger partial charge in [-0.15, -0.1) is 0 Å². The van der Waals surface area contributed by atoms with E-state index < -0.39 is 5.97 Å². The topological polar surface area (TPSA) is 90.2 Å². The van der Waals surface area contributed by atoms with E-state index in [1.54, 1.807) is 13.0 Å². The van der Waals surface area contributed by atoms with Crippen molar-refractivity contribution in [1.29, 1.82) is 0 Å². The first kappa shape index (κ1) is 18.6. The second-order valence-corrected chi connectivity index (χ2v) is 7.76. The van der Waals surface area contributed by atoms with Gasteiger partial charge in [0.05, 0.1) is 6.61 Å². The minimum absolute atomic E-state index is 0.0641. The number of hydrogen-bond donors (Lipinski definition) is 1. The van der Waals surface area contributed by atoms with Crippen LogP contribution in [0.25, 0.3) is 11.5 Å². The SMILES string of the molecule is CCOC(=O)c1cc(-c2c[nH]c(C(C3CCOCC3)C(C)(C)C)n2)on1. The molecule has 1 saturated heterocycles. The van der Waals surface area contributed by atoms with Gasteiger partial charge in [-0.05, 0) is 31.1 Å². The van der Waals surface area contributed by atoms with Gasteiger partial charge in [0.15, 0.2) is 11.5 Å². The lowest BCUT2D eigenvalue weighted by Crippen LogP contribution is -2.31. The van der Waals surface area contributed by atoms with Crippen LogP contribution in [0.3, 0.4) is 0 Å². The maximum Gasteiger partial charge on any atom is 0.360 e. The summed E-state index contributed by atoms with van der Waals surface area (Å²) >= 11 is 0. The first-order chi connectivity index (χ1) is 12.4. The van der Waals surface area contributed by atoms with Crippen LogP contribution in [0.2, 0.25) is 0 Å². The number of hydrogen-bond acceptors (Lipinski definition) is 6. The van der Waals surface area contributed by atoms with Crippen LogP contribution in [0.4, 0.5) is 0 Å². The molecule has 2 aromatic rings. The first-order valence-electron chi connectivity index (χ1n) is 9.17. The van der Waals surface area contributed by atoms with Crippen LogP contribution < -0.4 is 0 Å². The van der Waals surface area contributed by atoms with Crippen LogP contribution in [0.5, 0.6) is 0 Å². The Morgan fingerprint density at radius 2 is 2.12 bits per heavy atom. The molecule has 3 heterocycles. The molecule has 142 valence electrons. The number of nitrogens with one attached hydrogen (secondary N) is 1. The second kappa shape index (κ2) is 7.61. The van der Waals surface area contributed by atoms with Crippen molar-refractivity contribution in [2.45, 2.75) is 46.5 Å². The Morgan fingerprint density at radius 3 is 2.77 bits per heavy atom. The van der Waals surface area contributed by atoms with Crippen molar-refractivity contribution in [1.82, 2.24) is 15.1 Å². The summed E-state index contributed by atoms with van der Waals surface area (Å²) < 4.78 is 15.8. The zero-order valence-corrected chi connectivity index (χ0v) is 15.9. The lowest BCUT2D eigenvalue weighted by molar-refractivity contribution is 0.0404. The number of aromatic nitrogens is 3. The highest BCUT2D eigenvalue weighted by atomic mass is 16.5. The number of carbonyl (C=O) groups is 1. The molecule has 1 aliphatic heterocycles. The van der Waals surface area contributed by atoms with Gasteiger partial charge in [-0.25, -0.2) is 9.78 Å². The molecule has 1 unspecified atom stereocenters. The normalized spacial score (nSPS) is 17.2. The molecule has 1 N–H and O–H groups in total. The Bertz CT molecular complexity index is 738. The van der Waals surface area contributed by atoms with Crippen LogP contribution >= 0.6 is 0 Å². The van der Waals surface area contributed by atoms with E-state index in [4.69, 9.17) is 19.0 Å². The van der Waals surface area contributed by atoms with Crippen LogP contribution in [0, 0.1) is 11.3 Å². The number of carbonyl (C=O) groups excluding carboxylic acids is 1. The smallest absolute Gasteiger partial charge is 0.360 e. The number of esters is 1. The average Bonchev–Trinajstić information content (AvgIpc) is 3.24. The summed E-state index contributed by atoms with van der Waals surface area (Å²) in [5.74, 6) is 1.71. The molecule has 7 nitrogen and oxygen atoms in total. The molecule has 1 atom stereocenters. The summed E-state index contributed by atoms with van der Waals surface area (Å²) in [7, 11) is 0. The van der Waals surface area contributed by atoms with Gasteiger partial charge in [0.1, 0.15) is 11.5 Å². The molecule has 0 radical (unpaired) electrons. The van der Waals surface area contributed by atoms with E-state index in [0.29, 0.717) is 24.0 Å². The van der Waals surface area contributed by atoms with Crippen molar-refractivity contribution in [3.8, 4) is 11.5 Å². The van der Waals surface area contributed by atoms with E-state index in [9.17, 15) is 4.79 Å². The standard InChI is InChI=1S/C19H27N3O4/c1-5-25-18(23)13-10-15(26-22-13)14-11-20-17(21-14)16(19(2,3)4)12-6-8-24-9-7-12/h10-12,16H,5-9H2,1-4H3,(H,20,21). The highest BCUT2D eigenvalue weighted by Gasteiger charge is 2.36. The molecule has 2 aromatic heterocycles. The number of aromatic amines is 1. The highest BCUT2D eigenvalue weighted by Crippen LogP contribution is 2.43. The molecule has 0 amide bonds. The van der Waals surface area contributed by atoms with Crippen LogP contribution in [0.1, 0.15) is 62.8 Å². The van der Waals surface area contributed by atoms with Gasteiger partial charge < -0.3 is 19.0 Å². The van der Waals surface area contributed by atoms with Crippen LogP contribution in [-0.4, -0.2) is 40.9 Å². The number of H-pyrrole nitrogens is 1. The fourth-order valence-corrected chi connectivity index (χ4v) is 3.71. The van der Waals surface area contributed by atoms with Gasteiger partial charge in [-0.1, -0.05) is 25.9 Å². The van der Waals surface area contributed by atoms with Crippen molar-refractivity contribution in [2.75, 3.05) is 19.8 Å². The fourth-order valence-electron chi connectivity index (χ4n) is 3.71. The summed E-state index contributed by atoms with van der Waals surface area (Å²) in [5, 5.41) is 3.78. The molecule has 0 aliphatic carbocycles. The third-order valence-corrected chi connectivity index (χ3v) is 4.81. The summed E-state index contributed by atoms with van der Waals surface area (Å²) in [5.41, 5.74) is 0.863.